The summed E-state index contributed by atoms with van der Waals surface area (Å²) in [4.78, 5) is 4.29. The third kappa shape index (κ3) is 2.05. The fraction of sp³-hybridized carbons (Fsp3) is 0.300. The predicted octanol–water partition coefficient (Wildman–Crippen LogP) is 1.81. The molecule has 0 spiro atoms. The second kappa shape index (κ2) is 4.98. The molecular weight excluding hydrogens is 198 g/mol. The van der Waals surface area contributed by atoms with Gasteiger partial charge in [-0.2, -0.15) is 0 Å². The Morgan fingerprint density at radius 1 is 1.29 bits per heavy atom. The largest absolute Gasteiger partial charge is 0.331 e. The van der Waals surface area contributed by atoms with Gasteiger partial charge in [-0.1, -0.05) is 12.1 Å². The fourth-order valence-corrected chi connectivity index (χ4v) is 1.45. The first kappa shape index (κ1) is 11.0. The van der Waals surface area contributed by atoms with Crippen LogP contribution in [0.4, 0.5) is 0 Å². The van der Waals surface area contributed by atoms with Crippen molar-refractivity contribution in [2.24, 2.45) is 5.73 Å². The van der Waals surface area contributed by atoms with Crippen molar-refractivity contribution in [3.8, 4) is 0 Å². The van der Waals surface area contributed by atoms with Crippen LogP contribution in [0, 0.1) is 0 Å². The average Bonchev–Trinajstić information content (AvgIpc) is 2.58. The number of benzene rings is 1. The Kier molecular flexibility index (Phi) is 3.92. The maximum absolute atomic E-state index is 5.46. The zero-order chi connectivity index (χ0) is 9.10. The molecule has 0 aliphatic heterocycles. The number of nitrogens with zero attached hydrogens (tertiary/aromatic N) is 2. The summed E-state index contributed by atoms with van der Waals surface area (Å²) in [5.74, 6) is 0. The van der Waals surface area contributed by atoms with Gasteiger partial charge in [-0.15, -0.1) is 12.4 Å². The normalized spacial score (nSPS) is 10.1. The smallest absolute Gasteiger partial charge is 0.0958 e. The Labute approximate surface area is 89.3 Å². The molecule has 76 valence electrons. The fourth-order valence-electron chi connectivity index (χ4n) is 1.45. The molecule has 2 N–H and O–H groups in total. The van der Waals surface area contributed by atoms with Gasteiger partial charge in [0.05, 0.1) is 17.4 Å². The number of nitrogens with two attached hydrogens (primary N) is 1. The summed E-state index contributed by atoms with van der Waals surface area (Å²) in [5.41, 5.74) is 7.70. The molecule has 0 aliphatic rings. The van der Waals surface area contributed by atoms with Gasteiger partial charge in [-0.3, -0.25) is 0 Å². The van der Waals surface area contributed by atoms with E-state index in [2.05, 4.69) is 15.6 Å². The third-order valence-corrected chi connectivity index (χ3v) is 2.13. The molecule has 1 aromatic heterocycles. The van der Waals surface area contributed by atoms with Gasteiger partial charge >= 0.3 is 0 Å². The maximum atomic E-state index is 5.46. The molecule has 0 saturated carbocycles. The minimum Gasteiger partial charge on any atom is -0.331 e. The molecule has 14 heavy (non-hydrogen) atoms. The lowest BCUT2D eigenvalue weighted by molar-refractivity contribution is 0.666. The van der Waals surface area contributed by atoms with E-state index in [1.165, 1.54) is 5.52 Å². The van der Waals surface area contributed by atoms with Crippen LogP contribution in [0.25, 0.3) is 11.0 Å². The summed E-state index contributed by atoms with van der Waals surface area (Å²) in [6, 6.07) is 8.14. The Morgan fingerprint density at radius 3 is 2.86 bits per heavy atom. The monoisotopic (exact) mass is 211 g/mol. The highest BCUT2D eigenvalue weighted by molar-refractivity contribution is 5.85. The van der Waals surface area contributed by atoms with E-state index in [4.69, 9.17) is 5.73 Å². The molecule has 0 saturated heterocycles. The zero-order valence-electron chi connectivity index (χ0n) is 7.89. The molecule has 0 aliphatic carbocycles. The van der Waals surface area contributed by atoms with E-state index in [1.807, 2.05) is 24.5 Å². The number of para-hydroxylation sites is 2. The SMILES string of the molecule is Cl.NCCCn1cnc2ccccc21. The summed E-state index contributed by atoms with van der Waals surface area (Å²) in [6.45, 7) is 1.68. The summed E-state index contributed by atoms with van der Waals surface area (Å²) in [5, 5.41) is 0. The zero-order valence-corrected chi connectivity index (χ0v) is 8.70. The summed E-state index contributed by atoms with van der Waals surface area (Å²) in [6.07, 6.45) is 2.88. The van der Waals surface area contributed by atoms with Gasteiger partial charge in [-0.25, -0.2) is 4.98 Å². The number of aryl methyl sites for hydroxylation is 1. The molecule has 0 unspecified atom stereocenters. The molecule has 0 bridgehead atoms. The standard InChI is InChI=1S/C10H13N3.ClH/c11-6-3-7-13-8-12-9-4-1-2-5-10(9)13;/h1-2,4-5,8H,3,6-7,11H2;1H. The molecule has 0 radical (unpaired) electrons. The summed E-state index contributed by atoms with van der Waals surface area (Å²) < 4.78 is 2.14. The molecule has 3 nitrogen and oxygen atoms in total. The molecule has 2 rings (SSSR count). The summed E-state index contributed by atoms with van der Waals surface area (Å²) >= 11 is 0. The van der Waals surface area contributed by atoms with Crippen molar-refractivity contribution in [1.82, 2.24) is 9.55 Å². The molecular formula is C10H14ClN3. The highest BCUT2D eigenvalue weighted by atomic mass is 35.5. The number of imidazole rings is 1. The van der Waals surface area contributed by atoms with Crippen LogP contribution in [0.2, 0.25) is 0 Å². The minimum absolute atomic E-state index is 0. The van der Waals surface area contributed by atoms with E-state index in [1.54, 1.807) is 0 Å². The van der Waals surface area contributed by atoms with E-state index in [-0.39, 0.29) is 12.4 Å². The van der Waals surface area contributed by atoms with Crippen LogP contribution < -0.4 is 5.73 Å². The van der Waals surface area contributed by atoms with Crippen LogP contribution >= 0.6 is 12.4 Å². The van der Waals surface area contributed by atoms with Crippen molar-refractivity contribution in [2.45, 2.75) is 13.0 Å². The van der Waals surface area contributed by atoms with Crippen LogP contribution in [-0.4, -0.2) is 16.1 Å². The van der Waals surface area contributed by atoms with Crippen molar-refractivity contribution < 1.29 is 0 Å². The van der Waals surface area contributed by atoms with Gasteiger partial charge in [0.15, 0.2) is 0 Å². The number of fused-ring (bicyclic) bond motifs is 1. The Morgan fingerprint density at radius 2 is 2.07 bits per heavy atom. The summed E-state index contributed by atoms with van der Waals surface area (Å²) in [7, 11) is 0. The van der Waals surface area contributed by atoms with Crippen molar-refractivity contribution in [3.63, 3.8) is 0 Å². The topological polar surface area (TPSA) is 43.8 Å². The molecule has 0 atom stereocenters. The second-order valence-electron chi connectivity index (χ2n) is 3.07. The lowest BCUT2D eigenvalue weighted by atomic mass is 10.3. The van der Waals surface area contributed by atoms with Crippen molar-refractivity contribution in [1.29, 1.82) is 0 Å². The van der Waals surface area contributed by atoms with Crippen molar-refractivity contribution in [2.75, 3.05) is 6.54 Å². The quantitative estimate of drug-likeness (QED) is 0.842. The number of halogens is 1. The van der Waals surface area contributed by atoms with Gasteiger partial charge in [0.25, 0.3) is 0 Å². The van der Waals surface area contributed by atoms with E-state index in [0.29, 0.717) is 0 Å². The van der Waals surface area contributed by atoms with E-state index in [0.717, 1.165) is 25.0 Å². The van der Waals surface area contributed by atoms with Gasteiger partial charge < -0.3 is 10.3 Å². The molecule has 0 fully saturated rings. The van der Waals surface area contributed by atoms with Gasteiger partial charge in [0.2, 0.25) is 0 Å². The average molecular weight is 212 g/mol. The maximum Gasteiger partial charge on any atom is 0.0958 e. The molecule has 4 heteroatoms. The first-order valence-corrected chi connectivity index (χ1v) is 4.52. The number of aromatic nitrogens is 2. The molecule has 0 amide bonds. The number of rotatable bonds is 3. The van der Waals surface area contributed by atoms with Crippen LogP contribution in [0.3, 0.4) is 0 Å². The lowest BCUT2D eigenvalue weighted by Crippen LogP contribution is -2.04. The van der Waals surface area contributed by atoms with E-state index >= 15 is 0 Å². The van der Waals surface area contributed by atoms with Crippen LogP contribution in [-0.2, 0) is 6.54 Å². The van der Waals surface area contributed by atoms with Crippen LogP contribution in [0.1, 0.15) is 6.42 Å². The Balaban J connectivity index is 0.000000980. The van der Waals surface area contributed by atoms with E-state index in [9.17, 15) is 0 Å². The first-order valence-electron chi connectivity index (χ1n) is 4.52. The number of hydrogen-bond acceptors (Lipinski definition) is 2. The highest BCUT2D eigenvalue weighted by Gasteiger charge is 1.99. The highest BCUT2D eigenvalue weighted by Crippen LogP contribution is 2.11. The molecule has 2 aromatic rings. The van der Waals surface area contributed by atoms with Crippen molar-refractivity contribution >= 4 is 23.4 Å². The number of hydrogen-bond donors (Lipinski definition) is 1. The minimum atomic E-state index is 0. The van der Waals surface area contributed by atoms with Crippen LogP contribution in [0.15, 0.2) is 30.6 Å². The van der Waals surface area contributed by atoms with Crippen LogP contribution in [0.5, 0.6) is 0 Å². The molecule has 1 aromatic carbocycles. The predicted molar refractivity (Wildman–Crippen MR) is 60.7 cm³/mol. The first-order chi connectivity index (χ1) is 6.42. The second-order valence-corrected chi connectivity index (χ2v) is 3.07. The van der Waals surface area contributed by atoms with E-state index < -0.39 is 0 Å². The third-order valence-electron chi connectivity index (χ3n) is 2.13. The Hall–Kier alpha value is -1.06. The van der Waals surface area contributed by atoms with Gasteiger partial charge in [-0.05, 0) is 25.1 Å². The van der Waals surface area contributed by atoms with Gasteiger partial charge in [0.1, 0.15) is 0 Å². The van der Waals surface area contributed by atoms with Crippen molar-refractivity contribution in [3.05, 3.63) is 30.6 Å². The Bertz CT molecular complexity index is 397. The van der Waals surface area contributed by atoms with Gasteiger partial charge in [0, 0.05) is 6.54 Å². The lowest BCUT2D eigenvalue weighted by Gasteiger charge is -2.01. The molecule has 1 heterocycles.